The molecule has 2 rings (SSSR count). The summed E-state index contributed by atoms with van der Waals surface area (Å²) in [6.07, 6.45) is 5.70. The summed E-state index contributed by atoms with van der Waals surface area (Å²) >= 11 is 3.46. The molecule has 0 radical (unpaired) electrons. The van der Waals surface area contributed by atoms with E-state index < -0.39 is 0 Å². The van der Waals surface area contributed by atoms with Crippen LogP contribution in [0.4, 0.5) is 0 Å². The van der Waals surface area contributed by atoms with Crippen LogP contribution in [0.3, 0.4) is 0 Å². The minimum atomic E-state index is 0.856. The summed E-state index contributed by atoms with van der Waals surface area (Å²) in [5, 5.41) is 6.64. The third kappa shape index (κ3) is 3.46. The summed E-state index contributed by atoms with van der Waals surface area (Å²) in [7, 11) is 1.68. The molecule has 0 N–H and O–H groups in total. The monoisotopic (exact) mass is 296 g/mol. The van der Waals surface area contributed by atoms with Crippen LogP contribution in [-0.2, 0) is 0 Å². The Balaban J connectivity index is 2.10. The van der Waals surface area contributed by atoms with E-state index >= 15 is 0 Å². The molecule has 0 aromatic heterocycles. The molecular weight excluding hydrogens is 280 g/mol. The van der Waals surface area contributed by atoms with Crippen LogP contribution < -0.4 is 4.74 Å². The van der Waals surface area contributed by atoms with Gasteiger partial charge in [-0.1, -0.05) is 15.9 Å². The molecule has 0 unspecified atom stereocenters. The normalized spacial score (nSPS) is 16.5. The number of ether oxygens (including phenoxy) is 1. The second-order valence-corrected chi connectivity index (χ2v) is 5.06. The molecule has 1 aromatic carbocycles. The Hall–Kier alpha value is -1.03. The minimum Gasteiger partial charge on any atom is -0.496 e. The van der Waals surface area contributed by atoms with Crippen LogP contribution in [0.2, 0.25) is 0 Å². The van der Waals surface area contributed by atoms with Gasteiger partial charge < -0.3 is 4.74 Å². The lowest BCUT2D eigenvalue weighted by atomic mass is 10.2. The SMILES string of the molecule is COc1ccc(Br)cc1C=NN1CCCCC1. The molecular formula is C13H17BrN2O. The van der Waals surface area contributed by atoms with Crippen molar-refractivity contribution in [2.24, 2.45) is 5.10 Å². The van der Waals surface area contributed by atoms with E-state index in [4.69, 9.17) is 4.74 Å². The van der Waals surface area contributed by atoms with Crippen LogP contribution in [0.15, 0.2) is 27.8 Å². The van der Waals surface area contributed by atoms with Gasteiger partial charge in [0.05, 0.1) is 13.3 Å². The number of rotatable bonds is 3. The Morgan fingerprint density at radius 2 is 2.06 bits per heavy atom. The predicted octanol–water partition coefficient (Wildman–Crippen LogP) is 3.28. The zero-order chi connectivity index (χ0) is 12.1. The third-order valence-corrected chi connectivity index (χ3v) is 3.38. The number of piperidine rings is 1. The van der Waals surface area contributed by atoms with E-state index in [9.17, 15) is 0 Å². The zero-order valence-electron chi connectivity index (χ0n) is 10.0. The molecule has 3 nitrogen and oxygen atoms in total. The van der Waals surface area contributed by atoms with Gasteiger partial charge in [0, 0.05) is 23.1 Å². The highest BCUT2D eigenvalue weighted by molar-refractivity contribution is 9.10. The average molecular weight is 297 g/mol. The first-order chi connectivity index (χ1) is 8.29. The fourth-order valence-corrected chi connectivity index (χ4v) is 2.32. The second kappa shape index (κ2) is 6.05. The van der Waals surface area contributed by atoms with Crippen LogP contribution in [0, 0.1) is 0 Å². The molecule has 1 aliphatic rings. The molecule has 1 saturated heterocycles. The Morgan fingerprint density at radius 3 is 2.76 bits per heavy atom. The van der Waals surface area contributed by atoms with Crippen molar-refractivity contribution < 1.29 is 4.74 Å². The maximum atomic E-state index is 5.31. The lowest BCUT2D eigenvalue weighted by Crippen LogP contribution is -2.24. The number of benzene rings is 1. The van der Waals surface area contributed by atoms with Crippen LogP contribution in [0.5, 0.6) is 5.75 Å². The van der Waals surface area contributed by atoms with Gasteiger partial charge in [-0.25, -0.2) is 0 Å². The first-order valence-electron chi connectivity index (χ1n) is 5.92. The largest absolute Gasteiger partial charge is 0.496 e. The van der Waals surface area contributed by atoms with Gasteiger partial charge in [0.15, 0.2) is 0 Å². The van der Waals surface area contributed by atoms with Crippen molar-refractivity contribution in [1.29, 1.82) is 0 Å². The van der Waals surface area contributed by atoms with Crippen molar-refractivity contribution in [2.45, 2.75) is 19.3 Å². The standard InChI is InChI=1S/C13H17BrN2O/c1-17-13-6-5-12(14)9-11(13)10-15-16-7-3-2-4-8-16/h5-6,9-10H,2-4,7-8H2,1H3. The summed E-state index contributed by atoms with van der Waals surface area (Å²) < 4.78 is 6.35. The number of methoxy groups -OCH3 is 1. The number of hydrazone groups is 1. The molecule has 92 valence electrons. The van der Waals surface area contributed by atoms with Gasteiger partial charge in [-0.05, 0) is 37.5 Å². The Morgan fingerprint density at radius 1 is 1.29 bits per heavy atom. The van der Waals surface area contributed by atoms with E-state index in [0.29, 0.717) is 0 Å². The van der Waals surface area contributed by atoms with Crippen LogP contribution in [0.25, 0.3) is 0 Å². The van der Waals surface area contributed by atoms with Crippen molar-refractivity contribution in [3.8, 4) is 5.75 Å². The Labute approximate surface area is 111 Å². The molecule has 17 heavy (non-hydrogen) atoms. The van der Waals surface area contributed by atoms with E-state index in [-0.39, 0.29) is 0 Å². The van der Waals surface area contributed by atoms with E-state index in [1.54, 1.807) is 7.11 Å². The molecule has 0 atom stereocenters. The van der Waals surface area contributed by atoms with E-state index in [2.05, 4.69) is 26.0 Å². The highest BCUT2D eigenvalue weighted by Gasteiger charge is 2.07. The summed E-state index contributed by atoms with van der Waals surface area (Å²) in [4.78, 5) is 0. The van der Waals surface area contributed by atoms with Crippen molar-refractivity contribution >= 4 is 22.1 Å². The van der Waals surface area contributed by atoms with Crippen molar-refractivity contribution in [1.82, 2.24) is 5.01 Å². The van der Waals surface area contributed by atoms with E-state index in [1.165, 1.54) is 19.3 Å². The second-order valence-electron chi connectivity index (χ2n) is 4.15. The van der Waals surface area contributed by atoms with Gasteiger partial charge in [0.1, 0.15) is 5.75 Å². The molecule has 0 spiro atoms. The lowest BCUT2D eigenvalue weighted by Gasteiger charge is -2.23. The van der Waals surface area contributed by atoms with Gasteiger partial charge in [0.2, 0.25) is 0 Å². The summed E-state index contributed by atoms with van der Waals surface area (Å²) in [6.45, 7) is 2.12. The number of halogens is 1. The number of nitrogens with zero attached hydrogens (tertiary/aromatic N) is 2. The van der Waals surface area contributed by atoms with E-state index in [1.807, 2.05) is 24.4 Å². The molecule has 4 heteroatoms. The highest BCUT2D eigenvalue weighted by atomic mass is 79.9. The van der Waals surface area contributed by atoms with Crippen molar-refractivity contribution in [2.75, 3.05) is 20.2 Å². The van der Waals surface area contributed by atoms with Gasteiger partial charge in [-0.2, -0.15) is 5.10 Å². The van der Waals surface area contributed by atoms with Gasteiger partial charge >= 0.3 is 0 Å². The van der Waals surface area contributed by atoms with Crippen molar-refractivity contribution in [3.05, 3.63) is 28.2 Å². The molecule has 1 fully saturated rings. The minimum absolute atomic E-state index is 0.856. The summed E-state index contributed by atoms with van der Waals surface area (Å²) in [5.41, 5.74) is 1.01. The molecule has 0 saturated carbocycles. The van der Waals surface area contributed by atoms with Gasteiger partial charge in [0.25, 0.3) is 0 Å². The first-order valence-corrected chi connectivity index (χ1v) is 6.71. The summed E-state index contributed by atoms with van der Waals surface area (Å²) in [6, 6.07) is 5.94. The topological polar surface area (TPSA) is 24.8 Å². The smallest absolute Gasteiger partial charge is 0.127 e. The fraction of sp³-hybridized carbons (Fsp3) is 0.462. The average Bonchev–Trinajstić information content (AvgIpc) is 2.38. The Kier molecular flexibility index (Phi) is 4.42. The molecule has 1 heterocycles. The molecule has 0 bridgehead atoms. The first kappa shape index (κ1) is 12.4. The maximum absolute atomic E-state index is 5.31. The number of hydrogen-bond acceptors (Lipinski definition) is 3. The quantitative estimate of drug-likeness (QED) is 0.800. The maximum Gasteiger partial charge on any atom is 0.127 e. The lowest BCUT2D eigenvalue weighted by molar-refractivity contribution is 0.240. The van der Waals surface area contributed by atoms with Crippen LogP contribution in [0.1, 0.15) is 24.8 Å². The highest BCUT2D eigenvalue weighted by Crippen LogP contribution is 2.21. The Bertz CT molecular complexity index is 400. The number of hydrogen-bond donors (Lipinski definition) is 0. The third-order valence-electron chi connectivity index (χ3n) is 2.88. The van der Waals surface area contributed by atoms with Gasteiger partial charge in [-0.15, -0.1) is 0 Å². The molecule has 0 aliphatic carbocycles. The predicted molar refractivity (Wildman–Crippen MR) is 73.7 cm³/mol. The summed E-state index contributed by atoms with van der Waals surface area (Å²) in [5.74, 6) is 0.856. The van der Waals surface area contributed by atoms with Crippen LogP contribution >= 0.6 is 15.9 Å². The van der Waals surface area contributed by atoms with Crippen LogP contribution in [-0.4, -0.2) is 31.4 Å². The fourth-order valence-electron chi connectivity index (χ4n) is 1.94. The molecule has 1 aromatic rings. The van der Waals surface area contributed by atoms with Crippen molar-refractivity contribution in [3.63, 3.8) is 0 Å². The molecule has 1 aliphatic heterocycles. The van der Waals surface area contributed by atoms with E-state index in [0.717, 1.165) is 28.9 Å². The zero-order valence-corrected chi connectivity index (χ0v) is 11.6. The molecule has 0 amide bonds. The van der Waals surface area contributed by atoms with Gasteiger partial charge in [-0.3, -0.25) is 5.01 Å².